The number of hydrogen-bond donors (Lipinski definition) is 2. The van der Waals surface area contributed by atoms with E-state index in [0.29, 0.717) is 12.0 Å². The van der Waals surface area contributed by atoms with Crippen LogP contribution in [0.1, 0.15) is 47.2 Å². The number of aromatic amines is 1. The number of rotatable bonds is 6. The van der Waals surface area contributed by atoms with Crippen molar-refractivity contribution in [3.8, 4) is 0 Å². The van der Waals surface area contributed by atoms with Gasteiger partial charge in [-0.2, -0.15) is 0 Å². The third-order valence-electron chi connectivity index (χ3n) is 5.14. The van der Waals surface area contributed by atoms with Gasteiger partial charge in [-0.15, -0.1) is 0 Å². The number of methoxy groups -OCH3 is 1. The number of fused-ring (bicyclic) bond motifs is 1. The Morgan fingerprint density at radius 3 is 2.57 bits per heavy atom. The summed E-state index contributed by atoms with van der Waals surface area (Å²) in [5.74, 6) is -0.730. The Morgan fingerprint density at radius 1 is 1.21 bits per heavy atom. The van der Waals surface area contributed by atoms with Crippen LogP contribution in [0.25, 0.3) is 10.9 Å². The van der Waals surface area contributed by atoms with Crippen LogP contribution in [0.4, 0.5) is 0 Å². The highest BCUT2D eigenvalue weighted by molar-refractivity contribution is 5.98. The van der Waals surface area contributed by atoms with Crippen LogP contribution < -0.4 is 5.32 Å². The standard InChI is InChI=1S/C22H27N3O3/c1-13(2)25-14(3)10-18(15(25)4)21(26)24-20(22(27)28-5)11-16-12-23-19-9-7-6-8-17(16)19/h6-10,12-13,20,23H,11H2,1-5H3,(H,24,26). The molecule has 0 aliphatic carbocycles. The molecule has 1 aromatic carbocycles. The van der Waals surface area contributed by atoms with E-state index in [0.717, 1.165) is 27.9 Å². The Kier molecular flexibility index (Phi) is 5.58. The number of nitrogens with one attached hydrogen (secondary N) is 2. The van der Waals surface area contributed by atoms with E-state index in [9.17, 15) is 9.59 Å². The van der Waals surface area contributed by atoms with Crippen LogP contribution in [0.5, 0.6) is 0 Å². The van der Waals surface area contributed by atoms with Crippen molar-refractivity contribution in [1.82, 2.24) is 14.9 Å². The molecule has 1 unspecified atom stereocenters. The monoisotopic (exact) mass is 381 g/mol. The quantitative estimate of drug-likeness (QED) is 0.640. The second-order valence-electron chi connectivity index (χ2n) is 7.36. The largest absolute Gasteiger partial charge is 0.467 e. The van der Waals surface area contributed by atoms with Crippen molar-refractivity contribution < 1.29 is 14.3 Å². The first-order valence-electron chi connectivity index (χ1n) is 9.45. The Hall–Kier alpha value is -3.02. The topological polar surface area (TPSA) is 76.1 Å². The first-order chi connectivity index (χ1) is 13.3. The van der Waals surface area contributed by atoms with E-state index in [1.54, 1.807) is 0 Å². The SMILES string of the molecule is COC(=O)C(Cc1c[nH]c2ccccc12)NC(=O)c1cc(C)n(C(C)C)c1C. The Morgan fingerprint density at radius 2 is 1.93 bits per heavy atom. The fraction of sp³-hybridized carbons (Fsp3) is 0.364. The number of aromatic nitrogens is 2. The van der Waals surface area contributed by atoms with Gasteiger partial charge in [-0.3, -0.25) is 4.79 Å². The average molecular weight is 381 g/mol. The first kappa shape index (κ1) is 19.7. The molecule has 1 atom stereocenters. The number of carbonyl (C=O) groups excluding carboxylic acids is 2. The summed E-state index contributed by atoms with van der Waals surface area (Å²) < 4.78 is 7.05. The average Bonchev–Trinajstić information content (AvgIpc) is 3.20. The predicted molar refractivity (Wildman–Crippen MR) is 110 cm³/mol. The summed E-state index contributed by atoms with van der Waals surface area (Å²) in [5, 5.41) is 3.90. The maximum Gasteiger partial charge on any atom is 0.328 e. The molecular formula is C22H27N3O3. The van der Waals surface area contributed by atoms with E-state index < -0.39 is 12.0 Å². The zero-order chi connectivity index (χ0) is 20.4. The molecule has 0 radical (unpaired) electrons. The second kappa shape index (κ2) is 7.92. The maximum absolute atomic E-state index is 12.9. The van der Waals surface area contributed by atoms with Crippen molar-refractivity contribution >= 4 is 22.8 Å². The van der Waals surface area contributed by atoms with Gasteiger partial charge in [-0.25, -0.2) is 4.79 Å². The Balaban J connectivity index is 1.86. The molecule has 3 aromatic rings. The van der Waals surface area contributed by atoms with Crippen LogP contribution in [0, 0.1) is 13.8 Å². The highest BCUT2D eigenvalue weighted by Crippen LogP contribution is 2.22. The van der Waals surface area contributed by atoms with Crippen LogP contribution in [0.3, 0.4) is 0 Å². The van der Waals surface area contributed by atoms with Gasteiger partial charge in [-0.1, -0.05) is 18.2 Å². The molecule has 6 nitrogen and oxygen atoms in total. The lowest BCUT2D eigenvalue weighted by atomic mass is 10.0. The summed E-state index contributed by atoms with van der Waals surface area (Å²) in [7, 11) is 1.33. The number of nitrogens with zero attached hydrogens (tertiary/aromatic N) is 1. The van der Waals surface area contributed by atoms with E-state index in [1.165, 1.54) is 7.11 Å². The van der Waals surface area contributed by atoms with Crippen molar-refractivity contribution in [3.05, 3.63) is 59.0 Å². The number of aryl methyl sites for hydroxylation is 1. The van der Waals surface area contributed by atoms with E-state index in [-0.39, 0.29) is 11.9 Å². The van der Waals surface area contributed by atoms with Gasteiger partial charge in [-0.05, 0) is 45.4 Å². The fourth-order valence-corrected chi connectivity index (χ4v) is 3.89. The minimum atomic E-state index is -0.765. The van der Waals surface area contributed by atoms with Gasteiger partial charge in [0, 0.05) is 41.0 Å². The number of ether oxygens (including phenoxy) is 1. The zero-order valence-electron chi connectivity index (χ0n) is 17.0. The summed E-state index contributed by atoms with van der Waals surface area (Å²) in [4.78, 5) is 28.5. The van der Waals surface area contributed by atoms with Gasteiger partial charge >= 0.3 is 5.97 Å². The Bertz CT molecular complexity index is 1010. The molecule has 0 fully saturated rings. The van der Waals surface area contributed by atoms with E-state index >= 15 is 0 Å². The molecule has 148 valence electrons. The normalized spacial score (nSPS) is 12.4. The number of amides is 1. The summed E-state index contributed by atoms with van der Waals surface area (Å²) in [6, 6.07) is 9.23. The van der Waals surface area contributed by atoms with Crippen molar-refractivity contribution in [2.45, 2.75) is 46.2 Å². The lowest BCUT2D eigenvalue weighted by Crippen LogP contribution is -2.43. The Labute approximate surface area is 164 Å². The number of hydrogen-bond acceptors (Lipinski definition) is 3. The third-order valence-corrected chi connectivity index (χ3v) is 5.14. The van der Waals surface area contributed by atoms with Crippen molar-refractivity contribution in [2.75, 3.05) is 7.11 Å². The molecule has 0 saturated carbocycles. The molecule has 28 heavy (non-hydrogen) atoms. The second-order valence-corrected chi connectivity index (χ2v) is 7.36. The number of carbonyl (C=O) groups is 2. The molecular weight excluding hydrogens is 354 g/mol. The number of H-pyrrole nitrogens is 1. The molecule has 3 rings (SSSR count). The van der Waals surface area contributed by atoms with Crippen LogP contribution in [-0.4, -0.2) is 34.6 Å². The molecule has 0 aliphatic rings. The maximum atomic E-state index is 12.9. The predicted octanol–water partition coefficient (Wildman–Crippen LogP) is 3.68. The van der Waals surface area contributed by atoms with Crippen molar-refractivity contribution in [2.24, 2.45) is 0 Å². The minimum absolute atomic E-state index is 0.254. The molecule has 0 saturated heterocycles. The molecule has 0 bridgehead atoms. The third kappa shape index (κ3) is 3.67. The van der Waals surface area contributed by atoms with Gasteiger partial charge < -0.3 is 19.6 Å². The zero-order valence-corrected chi connectivity index (χ0v) is 17.0. The summed E-state index contributed by atoms with van der Waals surface area (Å²) in [6.07, 6.45) is 2.22. The van der Waals surface area contributed by atoms with Crippen LogP contribution in [0.2, 0.25) is 0 Å². The van der Waals surface area contributed by atoms with Crippen molar-refractivity contribution in [1.29, 1.82) is 0 Å². The van der Waals surface area contributed by atoms with Gasteiger partial charge in [0.25, 0.3) is 5.91 Å². The summed E-state index contributed by atoms with van der Waals surface area (Å²) >= 11 is 0. The minimum Gasteiger partial charge on any atom is -0.467 e. The van der Waals surface area contributed by atoms with Crippen LogP contribution in [0.15, 0.2) is 36.5 Å². The first-order valence-corrected chi connectivity index (χ1v) is 9.45. The molecule has 2 aromatic heterocycles. The molecule has 2 heterocycles. The van der Waals surface area contributed by atoms with Gasteiger partial charge in [0.15, 0.2) is 0 Å². The fourth-order valence-electron chi connectivity index (χ4n) is 3.89. The highest BCUT2D eigenvalue weighted by atomic mass is 16.5. The lowest BCUT2D eigenvalue weighted by molar-refractivity contribution is -0.142. The van der Waals surface area contributed by atoms with Gasteiger partial charge in [0.1, 0.15) is 6.04 Å². The molecule has 0 aliphatic heterocycles. The molecule has 1 amide bonds. The number of benzene rings is 1. The molecule has 0 spiro atoms. The number of para-hydroxylation sites is 1. The molecule has 6 heteroatoms. The van der Waals surface area contributed by atoms with E-state index in [2.05, 4.69) is 28.7 Å². The summed E-state index contributed by atoms with van der Waals surface area (Å²) in [6.45, 7) is 8.06. The number of esters is 1. The van der Waals surface area contributed by atoms with Gasteiger partial charge in [0.05, 0.1) is 12.7 Å². The van der Waals surface area contributed by atoms with Gasteiger partial charge in [0.2, 0.25) is 0 Å². The summed E-state index contributed by atoms with van der Waals surface area (Å²) in [5.41, 5.74) is 4.44. The van der Waals surface area contributed by atoms with E-state index in [1.807, 2.05) is 50.4 Å². The smallest absolute Gasteiger partial charge is 0.328 e. The van der Waals surface area contributed by atoms with Crippen LogP contribution in [-0.2, 0) is 16.0 Å². The van der Waals surface area contributed by atoms with E-state index in [4.69, 9.17) is 4.74 Å². The molecule has 2 N–H and O–H groups in total. The highest BCUT2D eigenvalue weighted by Gasteiger charge is 2.26. The van der Waals surface area contributed by atoms with Crippen LogP contribution >= 0.6 is 0 Å². The van der Waals surface area contributed by atoms with Crippen molar-refractivity contribution in [3.63, 3.8) is 0 Å². The lowest BCUT2D eigenvalue weighted by Gasteiger charge is -2.17.